The van der Waals surface area contributed by atoms with Crippen LogP contribution in [0.1, 0.15) is 69.3 Å². The van der Waals surface area contributed by atoms with Gasteiger partial charge in [0.1, 0.15) is 48.3 Å². The third-order valence-electron chi connectivity index (χ3n) is 12.6. The summed E-state index contributed by atoms with van der Waals surface area (Å²) >= 11 is 5.90. The van der Waals surface area contributed by atoms with Gasteiger partial charge in [-0.25, -0.2) is 24.0 Å². The first-order valence-corrected chi connectivity index (χ1v) is 27.7. The van der Waals surface area contributed by atoms with Crippen molar-refractivity contribution in [3.8, 4) is 17.2 Å². The van der Waals surface area contributed by atoms with Gasteiger partial charge in [0.05, 0.1) is 18.6 Å². The smallest absolute Gasteiger partial charge is 0.507 e. The molecule has 5 aliphatic rings. The number of fused-ring (bicyclic) bond motifs is 1. The van der Waals surface area contributed by atoms with Gasteiger partial charge in [-0.1, -0.05) is 63.2 Å². The van der Waals surface area contributed by atoms with Gasteiger partial charge >= 0.3 is 48.4 Å². The van der Waals surface area contributed by atoms with Gasteiger partial charge < -0.3 is 48.5 Å². The van der Waals surface area contributed by atoms with Crippen LogP contribution in [0.3, 0.4) is 0 Å². The Labute approximate surface area is 517 Å². The van der Waals surface area contributed by atoms with Crippen molar-refractivity contribution in [3.63, 3.8) is 0 Å². The summed E-state index contributed by atoms with van der Waals surface area (Å²) in [6, 6.07) is 14.5. The van der Waals surface area contributed by atoms with E-state index in [2.05, 4.69) is 47.7 Å². The lowest BCUT2D eigenvalue weighted by molar-refractivity contribution is -0.378. The molecule has 0 radical (unpaired) electrons. The van der Waals surface area contributed by atoms with Gasteiger partial charge in [-0.2, -0.15) is 26.3 Å². The quantitative estimate of drug-likeness (QED) is 0.0328. The first-order valence-electron chi connectivity index (χ1n) is 24.4. The highest BCUT2D eigenvalue weighted by atomic mass is 127. The van der Waals surface area contributed by atoms with Crippen molar-refractivity contribution < 1.29 is 113 Å². The maximum Gasteiger partial charge on any atom is 0.508 e. The first-order chi connectivity index (χ1) is 38.8. The number of rotatable bonds is 12. The summed E-state index contributed by atoms with van der Waals surface area (Å²) in [5.41, 5.74) is -6.36. The molecule has 3 saturated heterocycles. The number of halogens is 9. The lowest BCUT2D eigenvalue weighted by atomic mass is 9.79. The van der Waals surface area contributed by atoms with Crippen LogP contribution in [-0.2, 0) is 62.8 Å². The number of carbonyl (C=O) groups excluding carboxylic acids is 8. The molecule has 5 fully saturated rings. The van der Waals surface area contributed by atoms with E-state index in [1.54, 1.807) is 32.9 Å². The second-order valence-electron chi connectivity index (χ2n) is 19.4. The molecule has 8 rings (SSSR count). The van der Waals surface area contributed by atoms with Crippen molar-refractivity contribution in [1.82, 2.24) is 5.32 Å². The fourth-order valence-corrected chi connectivity index (χ4v) is 10.7. The third-order valence-corrected chi connectivity index (χ3v) is 14.9. The molecule has 19 nitrogen and oxygen atoms in total. The van der Waals surface area contributed by atoms with E-state index in [0.29, 0.717) is 35.5 Å². The molecule has 2 saturated carbocycles. The Morgan fingerprint density at radius 3 is 1.87 bits per heavy atom. The number of aromatic hydroxyl groups is 2. The molecule has 4 N–H and O–H groups in total. The van der Waals surface area contributed by atoms with Gasteiger partial charge in [0.25, 0.3) is 17.4 Å². The molecule has 454 valence electrons. The summed E-state index contributed by atoms with van der Waals surface area (Å²) in [6.07, 6.45) is -14.4. The lowest BCUT2D eigenvalue weighted by Crippen LogP contribution is -2.60. The minimum atomic E-state index is -6.01. The van der Waals surface area contributed by atoms with Crippen LogP contribution in [-0.4, -0.2) is 113 Å². The van der Waals surface area contributed by atoms with Crippen LogP contribution < -0.4 is 10.1 Å². The Hall–Kier alpha value is -6.55. The number of nitrogens with one attached hydrogen (secondary N) is 1. The highest BCUT2D eigenvalue weighted by Gasteiger charge is 2.73. The normalized spacial score (nSPS) is 21.5. The van der Waals surface area contributed by atoms with E-state index >= 15 is 0 Å². The Kier molecular flexibility index (Phi) is 24.2. The van der Waals surface area contributed by atoms with Crippen LogP contribution in [0.15, 0.2) is 121 Å². The van der Waals surface area contributed by atoms with E-state index in [0.717, 1.165) is 16.4 Å². The van der Waals surface area contributed by atoms with Crippen LogP contribution in [0, 0.1) is 28.5 Å². The average Bonchev–Trinajstić information content (AvgIpc) is 1.55. The predicted octanol–water partition coefficient (Wildman–Crippen LogP) is 10.2. The molecule has 7 unspecified atom stereocenters. The largest absolute Gasteiger partial charge is 0.508 e. The van der Waals surface area contributed by atoms with Crippen molar-refractivity contribution in [2.75, 3.05) is 13.2 Å². The minimum Gasteiger partial charge on any atom is -0.507 e. The highest BCUT2D eigenvalue weighted by Crippen LogP contribution is 2.56. The summed E-state index contributed by atoms with van der Waals surface area (Å²) in [6.45, 7) is 23.5. The molecular weight excluding hydrogens is 1470 g/mol. The molecule has 2 aliphatic carbocycles. The molecule has 84 heavy (non-hydrogen) atoms. The van der Waals surface area contributed by atoms with Crippen molar-refractivity contribution >= 4 is 116 Å². The molecule has 0 aromatic heterocycles. The molecule has 7 atom stereocenters. The second-order valence-corrected chi connectivity index (χ2v) is 23.0. The lowest BCUT2D eigenvalue weighted by Gasteiger charge is -2.39. The number of ether oxygens (including phenoxy) is 7. The number of esters is 5. The number of phenolic OH excluding ortho intramolecular Hbond substituents is 2. The summed E-state index contributed by atoms with van der Waals surface area (Å²) < 4.78 is 114. The summed E-state index contributed by atoms with van der Waals surface area (Å²) in [5.74, 6) is -2.65. The van der Waals surface area contributed by atoms with Crippen LogP contribution in [0.4, 0.5) is 31.1 Å². The zero-order valence-electron chi connectivity index (χ0n) is 44.9. The van der Waals surface area contributed by atoms with Gasteiger partial charge in [0.15, 0.2) is 6.10 Å². The number of aliphatic hydroxyl groups is 1. The monoisotopic (exact) mass is 1520 g/mol. The van der Waals surface area contributed by atoms with E-state index < -0.39 is 78.4 Å². The number of carbonyl (C=O) groups is 8. The highest BCUT2D eigenvalue weighted by molar-refractivity contribution is 14.1. The van der Waals surface area contributed by atoms with E-state index in [-0.39, 0.29) is 83.0 Å². The number of hydrogen-bond acceptors (Lipinski definition) is 18. The molecule has 0 spiro atoms. The molecule has 28 heteroatoms. The third kappa shape index (κ3) is 18.0. The molecule has 2 amide bonds. The topological polar surface area (TPSA) is 274 Å². The molecule has 3 heterocycles. The van der Waals surface area contributed by atoms with Gasteiger partial charge in [-0.3, -0.25) is 19.7 Å². The van der Waals surface area contributed by atoms with Crippen molar-refractivity contribution in [3.05, 3.63) is 143 Å². The molecule has 3 aromatic carbocycles. The first kappa shape index (κ1) is 69.9. The van der Waals surface area contributed by atoms with Crippen molar-refractivity contribution in [2.24, 2.45) is 17.8 Å². The number of hydrogen-bond donors (Lipinski definition) is 4. The Morgan fingerprint density at radius 2 is 1.37 bits per heavy atom. The fraction of sp³-hybridized carbons (Fsp3) is 0.357. The Bertz CT molecular complexity index is 3100. The van der Waals surface area contributed by atoms with Crippen LogP contribution in [0.5, 0.6) is 17.2 Å². The van der Waals surface area contributed by atoms with E-state index in [9.17, 15) is 80.0 Å². The molecule has 3 aromatic rings. The number of benzene rings is 3. The standard InChI is InChI=1S/C15H12F6O3.C12H14O4.C11H9I2NO3.C10H9IO3.C8H10O5/c1-9-7-12(24-11(9)22,10-5-3-2-4-6-10)8-13(23,14(16,17)18)15(19,20)21;1-5(2)11(13)15-9-6-3-7-8(4-6)12(14)16-10(7)9;1-5(2)10(16)14-11(17)7-3-6(12)4-8(13)9(7)15;1-6(2)10(13)14-7-3-4-9(12)8(11)5-7;1-5(2)7(9)11-3-6-4-12-8(10)13-6/h2-6,23H,1,7-8H2;6-10H,1,3-4H2,2H3;3-4,15H,1H2,2H3,(H,14,16,17);3-5,12H,1H2,2H3;6H,1,3-4H2,2H3. The SMILES string of the molecule is C=C(C)C(=O)NC(=O)c1cc(I)cc(I)c1O.C=C(C)C(=O)OC1C2CC3C(=O)OC1C3C2.C=C(C)C(=O)OCC1COC(=O)O1.C=C(C)C(=O)Oc1ccc(O)c(I)c1.C=C1CC(CC(O)(C(F)(F)F)C(F)(F)F)(c2ccccc2)OC1=O. The van der Waals surface area contributed by atoms with Gasteiger partial charge in [-0.15, -0.1) is 0 Å². The number of amides is 2. The van der Waals surface area contributed by atoms with E-state index in [4.69, 9.17) is 23.7 Å². The minimum absolute atomic E-state index is 0.0113. The maximum atomic E-state index is 13.0. The Morgan fingerprint density at radius 1 is 0.774 bits per heavy atom. The molecular formula is C56H54F6I3NO18. The second kappa shape index (κ2) is 29.0. The maximum absolute atomic E-state index is 13.0. The fourth-order valence-electron chi connectivity index (χ4n) is 8.37. The summed E-state index contributed by atoms with van der Waals surface area (Å²) in [5, 5.41) is 30.6. The summed E-state index contributed by atoms with van der Waals surface area (Å²) in [4.78, 5) is 90.0. The van der Waals surface area contributed by atoms with Crippen LogP contribution in [0.25, 0.3) is 0 Å². The number of phenols is 2. The molecule has 3 aliphatic heterocycles. The van der Waals surface area contributed by atoms with Crippen molar-refractivity contribution in [1.29, 1.82) is 0 Å². The van der Waals surface area contributed by atoms with Gasteiger partial charge in [-0.05, 0) is 144 Å². The van der Waals surface area contributed by atoms with Crippen LogP contribution in [0.2, 0.25) is 0 Å². The van der Waals surface area contributed by atoms with Crippen molar-refractivity contribution in [2.45, 2.75) is 95.2 Å². The average molecular weight is 1520 g/mol. The summed E-state index contributed by atoms with van der Waals surface area (Å²) in [7, 11) is 0. The predicted molar refractivity (Wildman–Crippen MR) is 308 cm³/mol. The molecule has 2 bridgehead atoms. The number of alkyl halides is 6. The number of cyclic esters (lactones) is 3. The van der Waals surface area contributed by atoms with E-state index in [1.165, 1.54) is 55.5 Å². The van der Waals surface area contributed by atoms with Gasteiger partial charge in [0, 0.05) is 56.1 Å². The van der Waals surface area contributed by atoms with Gasteiger partial charge in [0.2, 0.25) is 0 Å². The van der Waals surface area contributed by atoms with Crippen LogP contribution >= 0.6 is 67.8 Å². The zero-order valence-corrected chi connectivity index (χ0v) is 51.4. The number of imide groups is 1. The zero-order chi connectivity index (χ0) is 63.6. The van der Waals surface area contributed by atoms with E-state index in [1.807, 2.05) is 67.8 Å². The Balaban J connectivity index is 0.000000229.